The minimum Gasteiger partial charge on any atom is -0.387 e. The fourth-order valence-electron chi connectivity index (χ4n) is 1.19. The van der Waals surface area contributed by atoms with Gasteiger partial charge in [-0.3, -0.25) is 4.68 Å². The molecule has 0 bridgehead atoms. The smallest absolute Gasteiger partial charge is 0.0944 e. The summed E-state index contributed by atoms with van der Waals surface area (Å²) >= 11 is 0. The van der Waals surface area contributed by atoms with Crippen molar-refractivity contribution >= 4 is 0 Å². The lowest BCUT2D eigenvalue weighted by Crippen LogP contribution is -2.29. The summed E-state index contributed by atoms with van der Waals surface area (Å²) < 4.78 is 1.70. The molecule has 0 saturated carbocycles. The maximum absolute atomic E-state index is 9.76. The Hall–Kier alpha value is -0.870. The van der Waals surface area contributed by atoms with Crippen molar-refractivity contribution in [1.82, 2.24) is 15.1 Å². The molecule has 0 saturated heterocycles. The van der Waals surface area contributed by atoms with Crippen LogP contribution in [0.15, 0.2) is 12.4 Å². The van der Waals surface area contributed by atoms with Gasteiger partial charge in [-0.2, -0.15) is 5.10 Å². The standard InChI is InChI=1S/C10H19N3O/c1-4-8(2)11-6-10(14)9-5-12-13(3)7-9/h5,7-8,10-11,14H,4,6H2,1-3H3. The molecule has 0 aliphatic rings. The maximum Gasteiger partial charge on any atom is 0.0944 e. The van der Waals surface area contributed by atoms with Crippen LogP contribution in [0.5, 0.6) is 0 Å². The summed E-state index contributed by atoms with van der Waals surface area (Å²) in [5, 5.41) is 17.0. The first-order chi connectivity index (χ1) is 6.63. The number of aliphatic hydroxyl groups excluding tert-OH is 1. The predicted octanol–water partition coefficient (Wildman–Crippen LogP) is 0.842. The number of aliphatic hydroxyl groups is 1. The molecule has 0 fully saturated rings. The average Bonchev–Trinajstić information content (AvgIpc) is 2.60. The molecule has 4 heteroatoms. The van der Waals surface area contributed by atoms with Gasteiger partial charge in [-0.25, -0.2) is 0 Å². The molecule has 1 rings (SSSR count). The van der Waals surface area contributed by atoms with Gasteiger partial charge in [0.25, 0.3) is 0 Å². The zero-order chi connectivity index (χ0) is 10.6. The number of hydrogen-bond donors (Lipinski definition) is 2. The predicted molar refractivity (Wildman–Crippen MR) is 55.9 cm³/mol. The lowest BCUT2D eigenvalue weighted by Gasteiger charge is -2.14. The molecule has 2 atom stereocenters. The van der Waals surface area contributed by atoms with E-state index in [1.54, 1.807) is 10.9 Å². The molecule has 2 unspecified atom stereocenters. The second kappa shape index (κ2) is 5.12. The highest BCUT2D eigenvalue weighted by Crippen LogP contribution is 2.09. The largest absolute Gasteiger partial charge is 0.387 e. The molecular weight excluding hydrogens is 178 g/mol. The maximum atomic E-state index is 9.76. The molecule has 0 spiro atoms. The van der Waals surface area contributed by atoms with Gasteiger partial charge in [0.2, 0.25) is 0 Å². The average molecular weight is 197 g/mol. The van der Waals surface area contributed by atoms with Crippen LogP contribution in [-0.2, 0) is 7.05 Å². The van der Waals surface area contributed by atoms with Crippen LogP contribution in [0.25, 0.3) is 0 Å². The Bertz CT molecular complexity index is 272. The van der Waals surface area contributed by atoms with Crippen LogP contribution < -0.4 is 5.32 Å². The molecule has 14 heavy (non-hydrogen) atoms. The van der Waals surface area contributed by atoms with E-state index in [9.17, 15) is 5.11 Å². The molecule has 0 amide bonds. The van der Waals surface area contributed by atoms with Crippen molar-refractivity contribution in [2.45, 2.75) is 32.4 Å². The third-order valence-corrected chi connectivity index (χ3v) is 2.38. The number of aromatic nitrogens is 2. The van der Waals surface area contributed by atoms with Crippen LogP contribution in [0.2, 0.25) is 0 Å². The van der Waals surface area contributed by atoms with E-state index in [2.05, 4.69) is 24.3 Å². The molecular formula is C10H19N3O. The number of nitrogens with one attached hydrogen (secondary N) is 1. The third-order valence-electron chi connectivity index (χ3n) is 2.38. The summed E-state index contributed by atoms with van der Waals surface area (Å²) in [7, 11) is 1.85. The van der Waals surface area contributed by atoms with Gasteiger partial charge in [0.05, 0.1) is 12.3 Å². The normalized spacial score (nSPS) is 15.4. The van der Waals surface area contributed by atoms with E-state index >= 15 is 0 Å². The number of aryl methyl sites for hydroxylation is 1. The Kier molecular flexibility index (Phi) is 4.10. The summed E-state index contributed by atoms with van der Waals surface area (Å²) in [6.07, 6.45) is 4.14. The summed E-state index contributed by atoms with van der Waals surface area (Å²) in [5.41, 5.74) is 0.864. The van der Waals surface area contributed by atoms with Crippen LogP contribution >= 0.6 is 0 Å². The quantitative estimate of drug-likeness (QED) is 0.735. The molecule has 4 nitrogen and oxygen atoms in total. The first-order valence-electron chi connectivity index (χ1n) is 5.03. The van der Waals surface area contributed by atoms with Gasteiger partial charge < -0.3 is 10.4 Å². The highest BCUT2D eigenvalue weighted by molar-refractivity contribution is 5.08. The van der Waals surface area contributed by atoms with E-state index in [1.165, 1.54) is 0 Å². The van der Waals surface area contributed by atoms with E-state index in [0.29, 0.717) is 12.6 Å². The van der Waals surface area contributed by atoms with Crippen LogP contribution in [0, 0.1) is 0 Å². The lowest BCUT2D eigenvalue weighted by molar-refractivity contribution is 0.170. The second-order valence-electron chi connectivity index (χ2n) is 3.68. The molecule has 0 radical (unpaired) electrons. The molecule has 1 aromatic heterocycles. The van der Waals surface area contributed by atoms with E-state index in [1.807, 2.05) is 13.2 Å². The molecule has 80 valence electrons. The van der Waals surface area contributed by atoms with Crippen molar-refractivity contribution in [2.75, 3.05) is 6.54 Å². The van der Waals surface area contributed by atoms with Gasteiger partial charge >= 0.3 is 0 Å². The first-order valence-corrected chi connectivity index (χ1v) is 5.03. The fraction of sp³-hybridized carbons (Fsp3) is 0.700. The van der Waals surface area contributed by atoms with Crippen LogP contribution in [-0.4, -0.2) is 27.5 Å². The van der Waals surface area contributed by atoms with Gasteiger partial charge in [-0.1, -0.05) is 6.92 Å². The minimum absolute atomic E-state index is 0.446. The van der Waals surface area contributed by atoms with E-state index in [4.69, 9.17) is 0 Å². The minimum atomic E-state index is -0.460. The van der Waals surface area contributed by atoms with Gasteiger partial charge in [0.15, 0.2) is 0 Å². The van der Waals surface area contributed by atoms with E-state index in [-0.39, 0.29) is 0 Å². The Morgan fingerprint density at radius 3 is 2.86 bits per heavy atom. The summed E-state index contributed by atoms with van der Waals surface area (Å²) in [6, 6.07) is 0.446. The zero-order valence-electron chi connectivity index (χ0n) is 9.07. The molecule has 1 heterocycles. The molecule has 0 aliphatic carbocycles. The van der Waals surface area contributed by atoms with Gasteiger partial charge in [0, 0.05) is 31.4 Å². The SMILES string of the molecule is CCC(C)NCC(O)c1cnn(C)c1. The molecule has 1 aromatic rings. The van der Waals surface area contributed by atoms with E-state index < -0.39 is 6.10 Å². The molecule has 2 N–H and O–H groups in total. The Morgan fingerprint density at radius 1 is 1.64 bits per heavy atom. The van der Waals surface area contributed by atoms with E-state index in [0.717, 1.165) is 12.0 Å². The zero-order valence-corrected chi connectivity index (χ0v) is 9.07. The van der Waals surface area contributed by atoms with Crippen molar-refractivity contribution in [2.24, 2.45) is 7.05 Å². The van der Waals surface area contributed by atoms with Gasteiger partial charge in [-0.15, -0.1) is 0 Å². The molecule has 0 aromatic carbocycles. The number of rotatable bonds is 5. The van der Waals surface area contributed by atoms with Crippen LogP contribution in [0.3, 0.4) is 0 Å². The summed E-state index contributed by atoms with van der Waals surface area (Å²) in [5.74, 6) is 0. The summed E-state index contributed by atoms with van der Waals surface area (Å²) in [4.78, 5) is 0. The second-order valence-corrected chi connectivity index (χ2v) is 3.68. The van der Waals surface area contributed by atoms with Crippen molar-refractivity contribution in [1.29, 1.82) is 0 Å². The third kappa shape index (κ3) is 3.12. The Balaban J connectivity index is 2.39. The highest BCUT2D eigenvalue weighted by atomic mass is 16.3. The number of hydrogen-bond acceptors (Lipinski definition) is 3. The highest BCUT2D eigenvalue weighted by Gasteiger charge is 2.09. The van der Waals surface area contributed by atoms with Gasteiger partial charge in [0.1, 0.15) is 0 Å². The van der Waals surface area contributed by atoms with Gasteiger partial charge in [-0.05, 0) is 13.3 Å². The number of nitrogens with zero attached hydrogens (tertiary/aromatic N) is 2. The van der Waals surface area contributed by atoms with Crippen molar-refractivity contribution < 1.29 is 5.11 Å². The lowest BCUT2D eigenvalue weighted by atomic mass is 10.2. The van der Waals surface area contributed by atoms with Crippen LogP contribution in [0.1, 0.15) is 31.9 Å². The molecule has 0 aliphatic heterocycles. The van der Waals surface area contributed by atoms with Crippen molar-refractivity contribution in [3.8, 4) is 0 Å². The Morgan fingerprint density at radius 2 is 2.36 bits per heavy atom. The fourth-order valence-corrected chi connectivity index (χ4v) is 1.19. The topological polar surface area (TPSA) is 50.1 Å². The first kappa shape index (κ1) is 11.2. The monoisotopic (exact) mass is 197 g/mol. The van der Waals surface area contributed by atoms with Crippen molar-refractivity contribution in [3.63, 3.8) is 0 Å². The van der Waals surface area contributed by atoms with Crippen LogP contribution in [0.4, 0.5) is 0 Å². The van der Waals surface area contributed by atoms with Crippen molar-refractivity contribution in [3.05, 3.63) is 18.0 Å². The Labute approximate surface area is 84.9 Å². The summed E-state index contributed by atoms with van der Waals surface area (Å²) in [6.45, 7) is 4.81.